The fraction of sp³-hybridized carbons (Fsp3) is 0.333. The molecule has 0 saturated carbocycles. The minimum Gasteiger partial charge on any atom is -0.339 e. The maximum atomic E-state index is 13.0. The summed E-state index contributed by atoms with van der Waals surface area (Å²) in [6, 6.07) is 6.85. The van der Waals surface area contributed by atoms with Crippen molar-refractivity contribution in [2.75, 3.05) is 18.4 Å². The third kappa shape index (κ3) is 4.21. The molecule has 3 aromatic rings. The van der Waals surface area contributed by atoms with Gasteiger partial charge in [0.25, 0.3) is 10.0 Å². The Morgan fingerprint density at radius 2 is 2.10 bits per heavy atom. The van der Waals surface area contributed by atoms with Gasteiger partial charge in [-0.15, -0.1) is 11.3 Å². The standard InChI is InChI=1S/C18H19N5O4S2/c1-12-20-17(22-27-12)14-10-16(28-11-14)29(25,26)23-8-5-13(6-9-23)18(24)21-15-4-2-3-7-19-15/h2-4,7,10-11,13H,5-6,8-9H2,1H3,(H,19,21,24). The molecule has 0 unspecified atom stereocenters. The van der Waals surface area contributed by atoms with Gasteiger partial charge in [0.15, 0.2) is 0 Å². The number of hydrogen-bond donors (Lipinski definition) is 1. The average Bonchev–Trinajstić information content (AvgIpc) is 3.38. The van der Waals surface area contributed by atoms with Crippen molar-refractivity contribution in [3.63, 3.8) is 0 Å². The van der Waals surface area contributed by atoms with Crippen LogP contribution in [0, 0.1) is 12.8 Å². The third-order valence-corrected chi connectivity index (χ3v) is 8.01. The molecule has 1 saturated heterocycles. The SMILES string of the molecule is Cc1nc(-c2csc(S(=O)(=O)N3CCC(C(=O)Nc4ccccn4)CC3)c2)no1. The van der Waals surface area contributed by atoms with Gasteiger partial charge in [0.05, 0.1) is 0 Å². The molecule has 11 heteroatoms. The summed E-state index contributed by atoms with van der Waals surface area (Å²) in [5, 5.41) is 8.30. The van der Waals surface area contributed by atoms with Crippen molar-refractivity contribution in [2.45, 2.75) is 24.0 Å². The smallest absolute Gasteiger partial charge is 0.252 e. The zero-order valence-electron chi connectivity index (χ0n) is 15.6. The number of nitrogens with zero attached hydrogens (tertiary/aromatic N) is 4. The van der Waals surface area contributed by atoms with Crippen LogP contribution in [0.25, 0.3) is 11.4 Å². The number of nitrogens with one attached hydrogen (secondary N) is 1. The molecule has 0 atom stereocenters. The first-order valence-electron chi connectivity index (χ1n) is 9.05. The van der Waals surface area contributed by atoms with Crippen LogP contribution in [-0.2, 0) is 14.8 Å². The number of piperidine rings is 1. The van der Waals surface area contributed by atoms with Crippen LogP contribution < -0.4 is 5.32 Å². The highest BCUT2D eigenvalue weighted by molar-refractivity contribution is 7.91. The molecule has 1 amide bonds. The molecule has 1 aliphatic heterocycles. The summed E-state index contributed by atoms with van der Waals surface area (Å²) >= 11 is 1.12. The summed E-state index contributed by atoms with van der Waals surface area (Å²) in [5.74, 6) is 0.901. The normalized spacial score (nSPS) is 16.0. The quantitative estimate of drug-likeness (QED) is 0.657. The number of pyridine rings is 1. The van der Waals surface area contributed by atoms with Gasteiger partial charge in [-0.25, -0.2) is 13.4 Å². The van der Waals surface area contributed by atoms with Crippen LogP contribution in [0.3, 0.4) is 0 Å². The Bertz CT molecular complexity index is 1100. The van der Waals surface area contributed by atoms with Gasteiger partial charge in [-0.3, -0.25) is 4.79 Å². The number of aryl methyl sites for hydroxylation is 1. The predicted octanol–water partition coefficient (Wildman–Crippen LogP) is 2.54. The molecule has 1 aliphatic rings. The summed E-state index contributed by atoms with van der Waals surface area (Å²) in [7, 11) is -3.63. The Kier molecular flexibility index (Phi) is 5.43. The number of carbonyl (C=O) groups is 1. The van der Waals surface area contributed by atoms with Crippen molar-refractivity contribution in [3.8, 4) is 11.4 Å². The van der Waals surface area contributed by atoms with E-state index in [1.165, 1.54) is 4.31 Å². The summed E-state index contributed by atoms with van der Waals surface area (Å²) in [6.45, 7) is 2.25. The number of rotatable bonds is 5. The number of anilines is 1. The lowest BCUT2D eigenvalue weighted by molar-refractivity contribution is -0.120. The number of thiophene rings is 1. The molecule has 0 aliphatic carbocycles. The van der Waals surface area contributed by atoms with E-state index in [1.54, 1.807) is 42.8 Å². The molecular formula is C18H19N5O4S2. The molecule has 4 rings (SSSR count). The molecule has 0 aromatic carbocycles. The zero-order chi connectivity index (χ0) is 20.4. The zero-order valence-corrected chi connectivity index (χ0v) is 17.2. The number of sulfonamides is 1. The van der Waals surface area contributed by atoms with Gasteiger partial charge in [0.1, 0.15) is 10.0 Å². The van der Waals surface area contributed by atoms with Gasteiger partial charge in [-0.2, -0.15) is 9.29 Å². The lowest BCUT2D eigenvalue weighted by atomic mass is 9.97. The molecule has 29 heavy (non-hydrogen) atoms. The van der Waals surface area contributed by atoms with Crippen molar-refractivity contribution in [3.05, 3.63) is 41.7 Å². The fourth-order valence-electron chi connectivity index (χ4n) is 3.14. The van der Waals surface area contributed by atoms with E-state index in [9.17, 15) is 13.2 Å². The molecule has 0 radical (unpaired) electrons. The molecular weight excluding hydrogens is 414 g/mol. The third-order valence-electron chi connectivity index (χ3n) is 4.70. The van der Waals surface area contributed by atoms with E-state index in [1.807, 2.05) is 0 Å². The highest BCUT2D eigenvalue weighted by atomic mass is 32.2. The van der Waals surface area contributed by atoms with E-state index in [0.717, 1.165) is 11.3 Å². The largest absolute Gasteiger partial charge is 0.339 e. The van der Waals surface area contributed by atoms with Gasteiger partial charge in [-0.1, -0.05) is 11.2 Å². The molecule has 1 fully saturated rings. The van der Waals surface area contributed by atoms with Crippen molar-refractivity contribution in [1.29, 1.82) is 0 Å². The topological polar surface area (TPSA) is 118 Å². The van der Waals surface area contributed by atoms with Crippen LogP contribution >= 0.6 is 11.3 Å². The van der Waals surface area contributed by atoms with Crippen LogP contribution in [0.5, 0.6) is 0 Å². The summed E-state index contributed by atoms with van der Waals surface area (Å²) in [6.07, 6.45) is 2.52. The summed E-state index contributed by atoms with van der Waals surface area (Å²) < 4.78 is 32.5. The Morgan fingerprint density at radius 1 is 1.31 bits per heavy atom. The van der Waals surface area contributed by atoms with E-state index in [-0.39, 0.29) is 29.1 Å². The summed E-state index contributed by atoms with van der Waals surface area (Å²) in [5.41, 5.74) is 0.607. The number of aromatic nitrogens is 3. The van der Waals surface area contributed by atoms with Crippen LogP contribution in [0.2, 0.25) is 0 Å². The van der Waals surface area contributed by atoms with Crippen LogP contribution in [0.15, 0.2) is 44.6 Å². The Labute approximate surface area is 171 Å². The van der Waals surface area contributed by atoms with Gasteiger partial charge >= 0.3 is 0 Å². The van der Waals surface area contributed by atoms with Crippen molar-refractivity contribution < 1.29 is 17.7 Å². The fourth-order valence-corrected chi connectivity index (χ4v) is 5.92. The molecule has 1 N–H and O–H groups in total. The molecule has 9 nitrogen and oxygen atoms in total. The minimum absolute atomic E-state index is 0.133. The number of hydrogen-bond acceptors (Lipinski definition) is 8. The van der Waals surface area contributed by atoms with E-state index < -0.39 is 10.0 Å². The van der Waals surface area contributed by atoms with Crippen molar-refractivity contribution >= 4 is 33.1 Å². The van der Waals surface area contributed by atoms with Crippen molar-refractivity contribution in [2.24, 2.45) is 5.92 Å². The maximum Gasteiger partial charge on any atom is 0.252 e. The van der Waals surface area contributed by atoms with Gasteiger partial charge in [0, 0.05) is 43.1 Å². The summed E-state index contributed by atoms with van der Waals surface area (Å²) in [4.78, 5) is 20.6. The van der Waals surface area contributed by atoms with E-state index in [2.05, 4.69) is 20.4 Å². The Hall–Kier alpha value is -2.63. The van der Waals surface area contributed by atoms with Crippen molar-refractivity contribution in [1.82, 2.24) is 19.4 Å². The van der Waals surface area contributed by atoms with Crippen LogP contribution in [-0.4, -0.2) is 46.8 Å². The van der Waals surface area contributed by atoms with Crippen LogP contribution in [0.4, 0.5) is 5.82 Å². The molecule has 0 spiro atoms. The maximum absolute atomic E-state index is 13.0. The molecule has 152 valence electrons. The Morgan fingerprint density at radius 3 is 2.76 bits per heavy atom. The number of amides is 1. The monoisotopic (exact) mass is 433 g/mol. The highest BCUT2D eigenvalue weighted by Gasteiger charge is 2.33. The first-order chi connectivity index (χ1) is 13.9. The van der Waals surface area contributed by atoms with Gasteiger partial charge in [0.2, 0.25) is 17.6 Å². The van der Waals surface area contributed by atoms with E-state index >= 15 is 0 Å². The Balaban J connectivity index is 1.40. The van der Waals surface area contributed by atoms with E-state index in [0.29, 0.717) is 35.9 Å². The average molecular weight is 434 g/mol. The first kappa shape index (κ1) is 19.7. The second-order valence-corrected chi connectivity index (χ2v) is 9.75. The predicted molar refractivity (Wildman–Crippen MR) is 107 cm³/mol. The number of carbonyl (C=O) groups excluding carboxylic acids is 1. The van der Waals surface area contributed by atoms with Gasteiger partial charge in [-0.05, 0) is 31.0 Å². The molecule has 4 heterocycles. The lowest BCUT2D eigenvalue weighted by Gasteiger charge is -2.30. The van der Waals surface area contributed by atoms with Crippen LogP contribution in [0.1, 0.15) is 18.7 Å². The van der Waals surface area contributed by atoms with E-state index in [4.69, 9.17) is 4.52 Å². The second-order valence-electron chi connectivity index (χ2n) is 6.67. The van der Waals surface area contributed by atoms with Gasteiger partial charge < -0.3 is 9.84 Å². The lowest BCUT2D eigenvalue weighted by Crippen LogP contribution is -2.41. The first-order valence-corrected chi connectivity index (χ1v) is 11.4. The molecule has 3 aromatic heterocycles. The minimum atomic E-state index is -3.63. The highest BCUT2D eigenvalue weighted by Crippen LogP contribution is 2.31. The second kappa shape index (κ2) is 8.01. The molecule has 0 bridgehead atoms.